The van der Waals surface area contributed by atoms with Gasteiger partial charge in [0.15, 0.2) is 6.61 Å². The van der Waals surface area contributed by atoms with Gasteiger partial charge in [-0.05, 0) is 56.7 Å². The fraction of sp³-hybridized carbons (Fsp3) is 0.500. The number of nitrogens with zero attached hydrogens (tertiary/aromatic N) is 1. The normalized spacial score (nSPS) is 14.5. The van der Waals surface area contributed by atoms with Crippen molar-refractivity contribution in [1.82, 2.24) is 9.62 Å². The summed E-state index contributed by atoms with van der Waals surface area (Å²) >= 11 is 0. The lowest BCUT2D eigenvalue weighted by atomic mass is 9.97. The van der Waals surface area contributed by atoms with Gasteiger partial charge in [0.1, 0.15) is 0 Å². The molecule has 0 aromatic heterocycles. The number of nitrogens with one attached hydrogen (secondary N) is 1. The summed E-state index contributed by atoms with van der Waals surface area (Å²) in [7, 11) is -0.828. The average Bonchev–Trinajstić information content (AvgIpc) is 2.67. The molecule has 1 N–H and O–H groups in total. The lowest BCUT2D eigenvalue weighted by Gasteiger charge is -2.14. The molecule has 1 aromatic rings. The predicted molar refractivity (Wildman–Crippen MR) is 107 cm³/mol. The average molecular weight is 409 g/mol. The Labute approximate surface area is 166 Å². The van der Waals surface area contributed by atoms with Crippen LogP contribution in [-0.2, 0) is 19.6 Å². The van der Waals surface area contributed by atoms with Crippen LogP contribution in [0.4, 0.5) is 0 Å². The molecule has 0 atom stereocenters. The highest BCUT2D eigenvalue weighted by molar-refractivity contribution is 7.89. The van der Waals surface area contributed by atoms with Gasteiger partial charge in [-0.1, -0.05) is 17.7 Å². The van der Waals surface area contributed by atoms with Crippen LogP contribution in [0.25, 0.3) is 0 Å². The monoisotopic (exact) mass is 408 g/mol. The first-order valence-electron chi connectivity index (χ1n) is 9.36. The van der Waals surface area contributed by atoms with Gasteiger partial charge in [-0.2, -0.15) is 0 Å². The maximum Gasteiger partial charge on any atom is 0.338 e. The molecule has 7 nitrogen and oxygen atoms in total. The van der Waals surface area contributed by atoms with Gasteiger partial charge in [-0.15, -0.1) is 0 Å². The number of carbonyl (C=O) groups is 2. The number of ether oxygens (including phenoxy) is 1. The van der Waals surface area contributed by atoms with Gasteiger partial charge in [0.25, 0.3) is 5.91 Å². The Balaban J connectivity index is 1.90. The molecule has 1 aliphatic carbocycles. The van der Waals surface area contributed by atoms with E-state index in [9.17, 15) is 18.0 Å². The van der Waals surface area contributed by atoms with Crippen LogP contribution in [0, 0.1) is 6.92 Å². The number of rotatable bonds is 8. The molecule has 0 spiro atoms. The summed E-state index contributed by atoms with van der Waals surface area (Å²) in [6.45, 7) is 1.79. The van der Waals surface area contributed by atoms with Crippen LogP contribution < -0.4 is 5.32 Å². The number of aryl methyl sites for hydroxylation is 1. The highest BCUT2D eigenvalue weighted by Gasteiger charge is 2.21. The van der Waals surface area contributed by atoms with Gasteiger partial charge in [-0.25, -0.2) is 17.5 Å². The smallest absolute Gasteiger partial charge is 0.338 e. The Bertz CT molecular complexity index is 859. The van der Waals surface area contributed by atoms with Crippen LogP contribution in [0.2, 0.25) is 0 Å². The van der Waals surface area contributed by atoms with E-state index in [2.05, 4.69) is 11.4 Å². The van der Waals surface area contributed by atoms with Crippen molar-refractivity contribution in [3.8, 4) is 0 Å². The Hall–Kier alpha value is -2.19. The number of amides is 1. The molecule has 0 unspecified atom stereocenters. The summed E-state index contributed by atoms with van der Waals surface area (Å²) in [6.07, 6.45) is 7.64. The fourth-order valence-corrected chi connectivity index (χ4v) is 3.87. The molecular weight excluding hydrogens is 380 g/mol. The van der Waals surface area contributed by atoms with E-state index >= 15 is 0 Å². The van der Waals surface area contributed by atoms with Crippen LogP contribution in [0.5, 0.6) is 0 Å². The Kier molecular flexibility index (Phi) is 7.77. The molecule has 0 fully saturated rings. The lowest BCUT2D eigenvalue weighted by molar-refractivity contribution is -0.124. The Morgan fingerprint density at radius 2 is 1.96 bits per heavy atom. The van der Waals surface area contributed by atoms with Crippen molar-refractivity contribution in [2.75, 3.05) is 27.2 Å². The molecule has 2 rings (SSSR count). The number of carbonyl (C=O) groups excluding carboxylic acids is 2. The first-order chi connectivity index (χ1) is 13.2. The number of hydrogen-bond acceptors (Lipinski definition) is 5. The number of hydrogen-bond donors (Lipinski definition) is 1. The minimum Gasteiger partial charge on any atom is -0.452 e. The molecule has 1 amide bonds. The maximum absolute atomic E-state index is 12.3. The number of benzene rings is 1. The van der Waals surface area contributed by atoms with Crippen LogP contribution in [0.15, 0.2) is 34.7 Å². The highest BCUT2D eigenvalue weighted by Crippen LogP contribution is 2.20. The van der Waals surface area contributed by atoms with Crippen molar-refractivity contribution >= 4 is 21.9 Å². The quantitative estimate of drug-likeness (QED) is 0.527. The summed E-state index contributed by atoms with van der Waals surface area (Å²) in [4.78, 5) is 24.2. The minimum absolute atomic E-state index is 0.000239. The van der Waals surface area contributed by atoms with Gasteiger partial charge < -0.3 is 10.1 Å². The number of sulfonamides is 1. The van der Waals surface area contributed by atoms with Crippen molar-refractivity contribution in [3.63, 3.8) is 0 Å². The van der Waals surface area contributed by atoms with Crippen LogP contribution in [0.3, 0.4) is 0 Å². The lowest BCUT2D eigenvalue weighted by Crippen LogP contribution is -2.30. The second kappa shape index (κ2) is 9.84. The minimum atomic E-state index is -3.66. The molecule has 154 valence electrons. The largest absolute Gasteiger partial charge is 0.452 e. The first kappa shape index (κ1) is 22.1. The Morgan fingerprint density at radius 1 is 1.21 bits per heavy atom. The Morgan fingerprint density at radius 3 is 2.61 bits per heavy atom. The van der Waals surface area contributed by atoms with E-state index in [0.717, 1.165) is 23.6 Å². The van der Waals surface area contributed by atoms with E-state index in [1.54, 1.807) is 13.0 Å². The van der Waals surface area contributed by atoms with Crippen molar-refractivity contribution < 1.29 is 22.7 Å². The zero-order valence-corrected chi connectivity index (χ0v) is 17.5. The van der Waals surface area contributed by atoms with Gasteiger partial charge in [0.2, 0.25) is 10.0 Å². The summed E-state index contributed by atoms with van der Waals surface area (Å²) in [5, 5.41) is 2.74. The molecule has 0 radical (unpaired) electrons. The van der Waals surface area contributed by atoms with Crippen LogP contribution in [-0.4, -0.2) is 51.8 Å². The van der Waals surface area contributed by atoms with E-state index in [-0.39, 0.29) is 16.4 Å². The highest BCUT2D eigenvalue weighted by atomic mass is 32.2. The zero-order valence-electron chi connectivity index (χ0n) is 16.7. The van der Waals surface area contributed by atoms with E-state index in [0.29, 0.717) is 12.1 Å². The first-order valence-corrected chi connectivity index (χ1v) is 10.8. The second-order valence-electron chi connectivity index (χ2n) is 7.05. The van der Waals surface area contributed by atoms with Gasteiger partial charge in [0.05, 0.1) is 10.5 Å². The van der Waals surface area contributed by atoms with Crippen molar-refractivity contribution in [2.24, 2.45) is 0 Å². The van der Waals surface area contributed by atoms with E-state index < -0.39 is 22.6 Å². The molecule has 0 aliphatic heterocycles. The van der Waals surface area contributed by atoms with Gasteiger partial charge >= 0.3 is 5.97 Å². The third kappa shape index (κ3) is 5.90. The summed E-state index contributed by atoms with van der Waals surface area (Å²) in [5.74, 6) is -1.10. The molecule has 28 heavy (non-hydrogen) atoms. The molecule has 1 aliphatic rings. The second-order valence-corrected chi connectivity index (χ2v) is 9.20. The van der Waals surface area contributed by atoms with E-state index in [1.807, 2.05) is 0 Å². The molecular formula is C20H28N2O5S. The fourth-order valence-electron chi connectivity index (χ4n) is 2.95. The standard InChI is InChI=1S/C20H28N2O5S/c1-15-9-10-17(28(25,26)22(2)3)13-18(15)20(24)27-14-19(23)21-12-11-16-7-5-4-6-8-16/h7,9-10,13H,4-6,8,11-12,14H2,1-3H3,(H,21,23). The van der Waals surface area contributed by atoms with Crippen LogP contribution in [0.1, 0.15) is 48.0 Å². The predicted octanol–water partition coefficient (Wildman–Crippen LogP) is 2.41. The zero-order chi connectivity index (χ0) is 20.7. The summed E-state index contributed by atoms with van der Waals surface area (Å²) in [5.41, 5.74) is 2.06. The molecule has 0 saturated heterocycles. The summed E-state index contributed by atoms with van der Waals surface area (Å²) < 4.78 is 30.6. The summed E-state index contributed by atoms with van der Waals surface area (Å²) in [6, 6.07) is 4.26. The molecule has 0 saturated carbocycles. The molecule has 1 aromatic carbocycles. The molecule has 0 heterocycles. The van der Waals surface area contributed by atoms with Crippen molar-refractivity contribution in [1.29, 1.82) is 0 Å². The topological polar surface area (TPSA) is 92.8 Å². The molecule has 0 bridgehead atoms. The number of esters is 1. The van der Waals surface area contributed by atoms with Gasteiger partial charge in [0, 0.05) is 20.6 Å². The number of allylic oxidation sites excluding steroid dienone is 1. The van der Waals surface area contributed by atoms with Gasteiger partial charge in [-0.3, -0.25) is 4.79 Å². The van der Waals surface area contributed by atoms with Crippen molar-refractivity contribution in [3.05, 3.63) is 41.0 Å². The van der Waals surface area contributed by atoms with Crippen molar-refractivity contribution in [2.45, 2.75) is 43.9 Å². The van der Waals surface area contributed by atoms with E-state index in [1.165, 1.54) is 44.6 Å². The van der Waals surface area contributed by atoms with E-state index in [4.69, 9.17) is 4.74 Å². The third-order valence-corrected chi connectivity index (χ3v) is 6.51. The molecule has 8 heteroatoms. The SMILES string of the molecule is Cc1ccc(S(=O)(=O)N(C)C)cc1C(=O)OCC(=O)NCCC1=CCCCC1. The third-order valence-electron chi connectivity index (χ3n) is 4.70. The maximum atomic E-state index is 12.3. The van der Waals surface area contributed by atoms with Crippen LogP contribution >= 0.6 is 0 Å².